The lowest BCUT2D eigenvalue weighted by atomic mass is 10.1. The van der Waals surface area contributed by atoms with Crippen molar-refractivity contribution in [2.75, 3.05) is 0 Å². The van der Waals surface area contributed by atoms with Crippen molar-refractivity contribution in [3.8, 4) is 0 Å². The van der Waals surface area contributed by atoms with Crippen LogP contribution in [0.3, 0.4) is 0 Å². The molecule has 0 aliphatic carbocycles. The number of benzene rings is 2. The molecule has 5 nitrogen and oxygen atoms in total. The summed E-state index contributed by atoms with van der Waals surface area (Å²) in [6.45, 7) is 0. The average molecular weight is 355 g/mol. The minimum absolute atomic E-state index is 0.0925. The largest absolute Gasteiger partial charge is 0.454 e. The van der Waals surface area contributed by atoms with Crippen molar-refractivity contribution < 1.29 is 4.42 Å². The van der Waals surface area contributed by atoms with E-state index in [4.69, 9.17) is 9.41 Å². The summed E-state index contributed by atoms with van der Waals surface area (Å²) in [4.78, 5) is 24.3. The molecule has 0 amide bonds. The number of furan rings is 1. The third kappa shape index (κ3) is 2.97. The van der Waals surface area contributed by atoms with Gasteiger partial charge in [-0.15, -0.1) is 0 Å². The van der Waals surface area contributed by atoms with E-state index in [1.807, 2.05) is 48.5 Å². The zero-order chi connectivity index (χ0) is 18.2. The molecule has 0 bridgehead atoms. The van der Waals surface area contributed by atoms with Gasteiger partial charge in [0.15, 0.2) is 5.76 Å². The van der Waals surface area contributed by atoms with Crippen molar-refractivity contribution in [3.05, 3.63) is 82.6 Å². The van der Waals surface area contributed by atoms with Crippen LogP contribution >= 0.6 is 0 Å². The van der Waals surface area contributed by atoms with Crippen LogP contribution in [-0.2, 0) is 6.42 Å². The number of para-hydroxylation sites is 2. The lowest BCUT2D eigenvalue weighted by Crippen LogP contribution is -2.12. The molecule has 2 aromatic carbocycles. The van der Waals surface area contributed by atoms with Gasteiger partial charge in [-0.05, 0) is 36.8 Å². The van der Waals surface area contributed by atoms with Gasteiger partial charge >= 0.3 is 0 Å². The highest BCUT2D eigenvalue weighted by molar-refractivity contribution is 5.96. The molecule has 27 heavy (non-hydrogen) atoms. The highest BCUT2D eigenvalue weighted by atomic mass is 16.3. The van der Waals surface area contributed by atoms with Crippen LogP contribution in [0.1, 0.15) is 24.4 Å². The molecule has 0 radical (unpaired) electrons. The minimum Gasteiger partial charge on any atom is -0.454 e. The number of aromatic nitrogens is 2. The Balaban J connectivity index is 1.34. The Kier molecular flexibility index (Phi) is 3.71. The quantitative estimate of drug-likeness (QED) is 0.586. The van der Waals surface area contributed by atoms with E-state index in [-0.39, 0.29) is 5.56 Å². The lowest BCUT2D eigenvalue weighted by molar-refractivity contribution is 0.599. The summed E-state index contributed by atoms with van der Waals surface area (Å²) >= 11 is 0. The number of fused-ring (bicyclic) bond motifs is 2. The molecule has 0 fully saturated rings. The molecule has 1 N–H and O–H groups in total. The Morgan fingerprint density at radius 1 is 1.04 bits per heavy atom. The molecule has 0 spiro atoms. The third-order valence-corrected chi connectivity index (χ3v) is 4.80. The molecule has 2 aromatic heterocycles. The number of aryl methyl sites for hydroxylation is 1. The van der Waals surface area contributed by atoms with Crippen LogP contribution in [-0.4, -0.2) is 15.7 Å². The average Bonchev–Trinajstić information content (AvgIpc) is 3.33. The predicted molar refractivity (Wildman–Crippen MR) is 107 cm³/mol. The molecular formula is C22H17N3O2. The smallest absolute Gasteiger partial charge is 0.258 e. The maximum atomic E-state index is 12.2. The van der Waals surface area contributed by atoms with Crippen molar-refractivity contribution in [1.82, 2.24) is 9.97 Å². The Morgan fingerprint density at radius 2 is 1.89 bits per heavy atom. The number of hydrogen-bond donors (Lipinski definition) is 1. The Bertz CT molecular complexity index is 1240. The highest BCUT2D eigenvalue weighted by Crippen LogP contribution is 2.29. The Morgan fingerprint density at radius 3 is 2.81 bits per heavy atom. The predicted octanol–water partition coefficient (Wildman–Crippen LogP) is 4.49. The van der Waals surface area contributed by atoms with Crippen LogP contribution in [0.15, 0.2) is 74.9 Å². The molecule has 4 aromatic rings. The first-order valence-electron chi connectivity index (χ1n) is 9.00. The molecule has 3 heterocycles. The number of hydrogen-bond acceptors (Lipinski definition) is 4. The van der Waals surface area contributed by atoms with Crippen LogP contribution in [0.4, 0.5) is 0 Å². The van der Waals surface area contributed by atoms with E-state index < -0.39 is 0 Å². The fraction of sp³-hybridized carbons (Fsp3) is 0.136. The number of aromatic amines is 1. The first-order chi connectivity index (χ1) is 13.3. The van der Waals surface area contributed by atoms with Gasteiger partial charge in [-0.1, -0.05) is 30.3 Å². The number of aliphatic imine (C=N–C) groups is 1. The summed E-state index contributed by atoms with van der Waals surface area (Å²) < 4.78 is 5.89. The summed E-state index contributed by atoms with van der Waals surface area (Å²) in [6, 6.07) is 17.4. The minimum atomic E-state index is -0.0925. The molecule has 5 rings (SSSR count). The van der Waals surface area contributed by atoms with Crippen molar-refractivity contribution >= 4 is 33.3 Å². The van der Waals surface area contributed by atoms with Crippen LogP contribution in [0.5, 0.6) is 0 Å². The van der Waals surface area contributed by atoms with Crippen molar-refractivity contribution in [1.29, 1.82) is 0 Å². The van der Waals surface area contributed by atoms with Crippen molar-refractivity contribution in [3.63, 3.8) is 0 Å². The SMILES string of the molecule is O=c1[nH]c(CCC2=NC(c3cc4ccccc4o3)=CC2)nc2ccccc12. The highest BCUT2D eigenvalue weighted by Gasteiger charge is 2.15. The first kappa shape index (κ1) is 15.8. The van der Waals surface area contributed by atoms with Gasteiger partial charge in [0.1, 0.15) is 17.1 Å². The second-order valence-corrected chi connectivity index (χ2v) is 6.65. The normalized spacial score (nSPS) is 13.9. The molecule has 1 aliphatic rings. The van der Waals surface area contributed by atoms with Gasteiger partial charge in [0.05, 0.1) is 10.9 Å². The third-order valence-electron chi connectivity index (χ3n) is 4.80. The molecule has 132 valence electrons. The van der Waals surface area contributed by atoms with E-state index in [9.17, 15) is 4.79 Å². The van der Waals surface area contributed by atoms with Crippen LogP contribution < -0.4 is 5.56 Å². The summed E-state index contributed by atoms with van der Waals surface area (Å²) in [5.74, 6) is 1.49. The van der Waals surface area contributed by atoms with Gasteiger partial charge < -0.3 is 9.40 Å². The Labute approximate surface area is 155 Å². The zero-order valence-electron chi connectivity index (χ0n) is 14.6. The van der Waals surface area contributed by atoms with E-state index in [0.29, 0.717) is 17.6 Å². The van der Waals surface area contributed by atoms with Crippen molar-refractivity contribution in [2.45, 2.75) is 19.3 Å². The summed E-state index contributed by atoms with van der Waals surface area (Å²) in [7, 11) is 0. The molecule has 5 heteroatoms. The second-order valence-electron chi connectivity index (χ2n) is 6.65. The lowest BCUT2D eigenvalue weighted by Gasteiger charge is -2.03. The van der Waals surface area contributed by atoms with Gasteiger partial charge in [0.2, 0.25) is 0 Å². The fourth-order valence-electron chi connectivity index (χ4n) is 3.41. The molecule has 0 unspecified atom stereocenters. The van der Waals surface area contributed by atoms with E-state index in [1.54, 1.807) is 6.07 Å². The molecule has 1 aliphatic heterocycles. The van der Waals surface area contributed by atoms with Gasteiger partial charge in [0, 0.05) is 23.9 Å². The maximum Gasteiger partial charge on any atom is 0.258 e. The molecule has 0 saturated carbocycles. The number of H-pyrrole nitrogens is 1. The van der Waals surface area contributed by atoms with E-state index in [0.717, 1.165) is 46.5 Å². The zero-order valence-corrected chi connectivity index (χ0v) is 14.6. The topological polar surface area (TPSA) is 71.2 Å². The monoisotopic (exact) mass is 355 g/mol. The van der Waals surface area contributed by atoms with E-state index in [2.05, 4.69) is 16.0 Å². The number of rotatable bonds is 4. The van der Waals surface area contributed by atoms with Gasteiger partial charge in [-0.25, -0.2) is 4.98 Å². The maximum absolute atomic E-state index is 12.2. The van der Waals surface area contributed by atoms with Crippen LogP contribution in [0.25, 0.3) is 27.6 Å². The molecule has 0 saturated heterocycles. The number of allylic oxidation sites excluding steroid dienone is 1. The van der Waals surface area contributed by atoms with Gasteiger partial charge in [-0.3, -0.25) is 9.79 Å². The van der Waals surface area contributed by atoms with E-state index in [1.165, 1.54) is 0 Å². The summed E-state index contributed by atoms with van der Waals surface area (Å²) in [6.07, 6.45) is 4.29. The fourth-order valence-corrected chi connectivity index (χ4v) is 3.41. The second kappa shape index (κ2) is 6.36. The summed E-state index contributed by atoms with van der Waals surface area (Å²) in [5.41, 5.74) is 3.45. The van der Waals surface area contributed by atoms with Gasteiger partial charge in [-0.2, -0.15) is 0 Å². The molecule has 0 atom stereocenters. The Hall–Kier alpha value is -3.47. The van der Waals surface area contributed by atoms with Crippen molar-refractivity contribution in [2.24, 2.45) is 4.99 Å². The molecular weight excluding hydrogens is 338 g/mol. The number of nitrogens with zero attached hydrogens (tertiary/aromatic N) is 2. The standard InChI is InChI=1S/C22H17N3O2/c26-22-16-6-2-3-7-17(16)24-21(25-22)12-10-15-9-11-18(23-15)20-13-14-5-1-4-8-19(14)27-20/h1-8,11,13H,9-10,12H2,(H,24,25,26). The number of nitrogens with one attached hydrogen (secondary N) is 1. The van der Waals surface area contributed by atoms with Crippen LogP contribution in [0.2, 0.25) is 0 Å². The first-order valence-corrected chi connectivity index (χ1v) is 9.00. The summed E-state index contributed by atoms with van der Waals surface area (Å²) in [5, 5.41) is 1.70. The van der Waals surface area contributed by atoms with Crippen LogP contribution in [0, 0.1) is 0 Å². The van der Waals surface area contributed by atoms with E-state index >= 15 is 0 Å². The van der Waals surface area contributed by atoms with Gasteiger partial charge in [0.25, 0.3) is 5.56 Å².